The topological polar surface area (TPSA) is 52.8 Å². The predicted molar refractivity (Wildman–Crippen MR) is 99.0 cm³/mol. The Morgan fingerprint density at radius 2 is 1.96 bits per heavy atom. The summed E-state index contributed by atoms with van der Waals surface area (Å²) in [6.07, 6.45) is 3.96. The van der Waals surface area contributed by atoms with Crippen molar-refractivity contribution in [3.05, 3.63) is 53.9 Å². The molecule has 122 valence electrons. The summed E-state index contributed by atoms with van der Waals surface area (Å²) in [4.78, 5) is 0. The summed E-state index contributed by atoms with van der Waals surface area (Å²) in [7, 11) is 3.70. The summed E-state index contributed by atoms with van der Waals surface area (Å²) in [6, 6.07) is 10.4. The Kier molecular flexibility index (Phi) is 7.65. The van der Waals surface area contributed by atoms with Crippen molar-refractivity contribution >= 4 is 17.0 Å². The van der Waals surface area contributed by atoms with E-state index in [4.69, 9.17) is 0 Å². The van der Waals surface area contributed by atoms with Crippen LogP contribution in [0.2, 0.25) is 0 Å². The molecule has 1 heterocycles. The fraction of sp³-hybridized carbons (Fsp3) is 0.316. The Morgan fingerprint density at radius 1 is 1.30 bits per heavy atom. The third kappa shape index (κ3) is 4.73. The number of aromatic nitrogens is 1. The maximum Gasteiger partial charge on any atom is 0.101 e. The zero-order valence-corrected chi connectivity index (χ0v) is 14.5. The van der Waals surface area contributed by atoms with Crippen LogP contribution in [0.4, 0.5) is 0 Å². The molecule has 23 heavy (non-hydrogen) atoms. The Balaban J connectivity index is 0.000000593. The van der Waals surface area contributed by atoms with E-state index in [2.05, 4.69) is 60.0 Å². The number of nitriles is 1. The van der Waals surface area contributed by atoms with Gasteiger partial charge in [0.2, 0.25) is 0 Å². The first-order chi connectivity index (χ1) is 11.1. The van der Waals surface area contributed by atoms with Crippen molar-refractivity contribution in [2.45, 2.75) is 20.4 Å². The fourth-order valence-electron chi connectivity index (χ4n) is 2.13. The van der Waals surface area contributed by atoms with Crippen LogP contribution in [0.5, 0.6) is 0 Å². The SMILES string of the molecule is C=C(NC)/C(C#N)=C/c1cn(CC)c2ccccc12.CCNC. The van der Waals surface area contributed by atoms with Crippen molar-refractivity contribution < 1.29 is 0 Å². The van der Waals surface area contributed by atoms with Gasteiger partial charge in [0.15, 0.2) is 0 Å². The van der Waals surface area contributed by atoms with Gasteiger partial charge in [0.25, 0.3) is 0 Å². The molecule has 1 aromatic carbocycles. The molecule has 4 heteroatoms. The lowest BCUT2D eigenvalue weighted by atomic mass is 10.1. The average Bonchev–Trinajstić information content (AvgIpc) is 2.97. The van der Waals surface area contributed by atoms with Crippen LogP contribution in [0.25, 0.3) is 17.0 Å². The number of nitrogens with one attached hydrogen (secondary N) is 2. The van der Waals surface area contributed by atoms with Gasteiger partial charge in [0.1, 0.15) is 6.07 Å². The Morgan fingerprint density at radius 3 is 2.48 bits per heavy atom. The zero-order valence-electron chi connectivity index (χ0n) is 14.5. The van der Waals surface area contributed by atoms with Crippen LogP contribution in [-0.2, 0) is 6.54 Å². The van der Waals surface area contributed by atoms with Gasteiger partial charge in [-0.2, -0.15) is 5.26 Å². The van der Waals surface area contributed by atoms with Crippen LogP contribution >= 0.6 is 0 Å². The lowest BCUT2D eigenvalue weighted by molar-refractivity contribution is 0.797. The van der Waals surface area contributed by atoms with Crippen LogP contribution in [0.3, 0.4) is 0 Å². The molecule has 0 aliphatic rings. The highest BCUT2D eigenvalue weighted by atomic mass is 14.9. The van der Waals surface area contributed by atoms with E-state index >= 15 is 0 Å². The number of rotatable bonds is 5. The molecule has 4 nitrogen and oxygen atoms in total. The summed E-state index contributed by atoms with van der Waals surface area (Å²) in [6.45, 7) is 9.99. The largest absolute Gasteiger partial charge is 0.388 e. The lowest BCUT2D eigenvalue weighted by Crippen LogP contribution is -2.05. The van der Waals surface area contributed by atoms with E-state index in [9.17, 15) is 5.26 Å². The Labute approximate surface area is 139 Å². The summed E-state index contributed by atoms with van der Waals surface area (Å²) < 4.78 is 2.18. The Hall–Kier alpha value is -2.51. The third-order valence-corrected chi connectivity index (χ3v) is 3.56. The van der Waals surface area contributed by atoms with Gasteiger partial charge in [-0.25, -0.2) is 0 Å². The van der Waals surface area contributed by atoms with Gasteiger partial charge in [-0.1, -0.05) is 31.7 Å². The number of para-hydroxylation sites is 1. The van der Waals surface area contributed by atoms with Gasteiger partial charge in [0, 0.05) is 42.0 Å². The second kappa shape index (κ2) is 9.50. The van der Waals surface area contributed by atoms with Gasteiger partial charge in [-0.15, -0.1) is 0 Å². The molecule has 0 saturated carbocycles. The standard InChI is InChI=1S/C16H17N3.C3H9N/c1-4-19-11-14(9-13(10-17)12(2)18-3)15-7-5-6-8-16(15)19;1-3-4-2/h5-9,11,18H,2,4H2,1,3H3;4H,3H2,1-2H3/b13-9+;. The molecule has 1 aromatic heterocycles. The van der Waals surface area contributed by atoms with Gasteiger partial charge in [-0.05, 0) is 32.7 Å². The number of fused-ring (bicyclic) bond motifs is 1. The highest BCUT2D eigenvalue weighted by molar-refractivity contribution is 5.90. The summed E-state index contributed by atoms with van der Waals surface area (Å²) >= 11 is 0. The molecule has 0 radical (unpaired) electrons. The number of aryl methyl sites for hydroxylation is 1. The van der Waals surface area contributed by atoms with E-state index in [-0.39, 0.29) is 0 Å². The molecule has 0 unspecified atom stereocenters. The monoisotopic (exact) mass is 310 g/mol. The molecule has 0 spiro atoms. The van der Waals surface area contributed by atoms with Crippen LogP contribution in [0.15, 0.2) is 48.3 Å². The minimum atomic E-state index is 0.557. The molecule has 0 fully saturated rings. The molecule has 2 N–H and O–H groups in total. The van der Waals surface area contributed by atoms with Crippen molar-refractivity contribution in [1.29, 1.82) is 5.26 Å². The maximum absolute atomic E-state index is 9.20. The highest BCUT2D eigenvalue weighted by Crippen LogP contribution is 2.24. The van der Waals surface area contributed by atoms with Gasteiger partial charge in [-0.3, -0.25) is 0 Å². The molecule has 2 rings (SSSR count). The van der Waals surface area contributed by atoms with E-state index in [1.54, 1.807) is 7.05 Å². The molecular formula is C19H26N4. The Bertz CT molecular complexity index is 715. The number of nitrogens with zero attached hydrogens (tertiary/aromatic N) is 2. The summed E-state index contributed by atoms with van der Waals surface area (Å²) in [5.41, 5.74) is 3.42. The second-order valence-electron chi connectivity index (χ2n) is 4.99. The van der Waals surface area contributed by atoms with Crippen molar-refractivity contribution in [2.24, 2.45) is 0 Å². The lowest BCUT2D eigenvalue weighted by Gasteiger charge is -2.01. The first-order valence-corrected chi connectivity index (χ1v) is 7.84. The second-order valence-corrected chi connectivity index (χ2v) is 4.99. The van der Waals surface area contributed by atoms with Gasteiger partial charge < -0.3 is 15.2 Å². The molecular weight excluding hydrogens is 284 g/mol. The van der Waals surface area contributed by atoms with E-state index in [0.717, 1.165) is 24.0 Å². The number of benzene rings is 1. The fourth-order valence-corrected chi connectivity index (χ4v) is 2.13. The smallest absolute Gasteiger partial charge is 0.101 e. The number of hydrogen-bond acceptors (Lipinski definition) is 3. The first kappa shape index (κ1) is 18.5. The summed E-state index contributed by atoms with van der Waals surface area (Å²) in [5, 5.41) is 16.2. The zero-order chi connectivity index (χ0) is 17.2. The van der Waals surface area contributed by atoms with E-state index in [0.29, 0.717) is 11.3 Å². The maximum atomic E-state index is 9.20. The minimum absolute atomic E-state index is 0.557. The van der Waals surface area contributed by atoms with Crippen LogP contribution in [0.1, 0.15) is 19.4 Å². The van der Waals surface area contributed by atoms with Gasteiger partial charge >= 0.3 is 0 Å². The highest BCUT2D eigenvalue weighted by Gasteiger charge is 2.07. The average molecular weight is 310 g/mol. The van der Waals surface area contributed by atoms with Crippen LogP contribution < -0.4 is 10.6 Å². The molecule has 0 aliphatic heterocycles. The molecule has 0 bridgehead atoms. The number of likely N-dealkylation sites (N-methyl/N-ethyl adjacent to an activating group) is 1. The first-order valence-electron chi connectivity index (χ1n) is 7.84. The third-order valence-electron chi connectivity index (χ3n) is 3.56. The number of hydrogen-bond donors (Lipinski definition) is 2. The molecule has 0 atom stereocenters. The number of allylic oxidation sites excluding steroid dienone is 1. The van der Waals surface area contributed by atoms with Crippen LogP contribution in [0, 0.1) is 11.3 Å². The van der Waals surface area contributed by atoms with Gasteiger partial charge in [0.05, 0.1) is 5.57 Å². The molecule has 0 amide bonds. The van der Waals surface area contributed by atoms with Crippen molar-refractivity contribution in [3.8, 4) is 6.07 Å². The predicted octanol–water partition coefficient (Wildman–Crippen LogP) is 3.53. The van der Waals surface area contributed by atoms with Crippen LogP contribution in [-0.4, -0.2) is 25.2 Å². The molecule has 0 saturated heterocycles. The normalized spacial score (nSPS) is 10.7. The van der Waals surface area contributed by atoms with E-state index in [1.165, 1.54) is 5.52 Å². The summed E-state index contributed by atoms with van der Waals surface area (Å²) in [5.74, 6) is 0. The van der Waals surface area contributed by atoms with Crippen molar-refractivity contribution in [1.82, 2.24) is 15.2 Å². The minimum Gasteiger partial charge on any atom is -0.388 e. The molecule has 2 aromatic rings. The van der Waals surface area contributed by atoms with Crippen molar-refractivity contribution in [3.63, 3.8) is 0 Å². The quantitative estimate of drug-likeness (QED) is 0.656. The van der Waals surface area contributed by atoms with E-state index in [1.807, 2.05) is 25.3 Å². The van der Waals surface area contributed by atoms with Crippen molar-refractivity contribution in [2.75, 3.05) is 20.6 Å². The van der Waals surface area contributed by atoms with E-state index < -0.39 is 0 Å². The molecule has 0 aliphatic carbocycles.